The molecule has 1 aromatic rings. The molecular weight excluding hydrogens is 310 g/mol. The summed E-state index contributed by atoms with van der Waals surface area (Å²) in [5.41, 5.74) is 6.86. The number of rotatable bonds is 4. The third-order valence-electron chi connectivity index (χ3n) is 3.23. The lowest BCUT2D eigenvalue weighted by Crippen LogP contribution is -2.45. The van der Waals surface area contributed by atoms with Gasteiger partial charge in [0, 0.05) is 53.5 Å². The Morgan fingerprint density at radius 3 is 2.67 bits per heavy atom. The van der Waals surface area contributed by atoms with Crippen LogP contribution >= 0.6 is 27.7 Å². The zero-order chi connectivity index (χ0) is 13.0. The van der Waals surface area contributed by atoms with E-state index in [0.717, 1.165) is 22.5 Å². The van der Waals surface area contributed by atoms with Crippen LogP contribution in [-0.4, -0.2) is 55.3 Å². The number of nitrogens with two attached hydrogens (primary N) is 1. The first-order valence-electron chi connectivity index (χ1n) is 6.24. The van der Waals surface area contributed by atoms with Gasteiger partial charge in [0.1, 0.15) is 0 Å². The molecule has 0 aromatic heterocycles. The Bertz CT molecular complexity index is 392. The zero-order valence-electron chi connectivity index (χ0n) is 10.7. The Morgan fingerprint density at radius 1 is 1.28 bits per heavy atom. The number of hydrogen-bond donors (Lipinski definition) is 1. The number of thioether (sulfide) groups is 1. The van der Waals surface area contributed by atoms with E-state index in [0.29, 0.717) is 0 Å². The molecule has 1 aliphatic heterocycles. The molecule has 5 heteroatoms. The molecule has 0 bridgehead atoms. The van der Waals surface area contributed by atoms with Gasteiger partial charge < -0.3 is 10.6 Å². The minimum Gasteiger partial charge on any atom is -0.398 e. The first kappa shape index (κ1) is 14.2. The summed E-state index contributed by atoms with van der Waals surface area (Å²) in [7, 11) is 2.19. The van der Waals surface area contributed by atoms with Crippen LogP contribution < -0.4 is 5.73 Å². The van der Waals surface area contributed by atoms with Crippen LogP contribution in [0.1, 0.15) is 0 Å². The summed E-state index contributed by atoms with van der Waals surface area (Å²) in [5, 5.41) is 0. The van der Waals surface area contributed by atoms with Gasteiger partial charge in [-0.25, -0.2) is 0 Å². The van der Waals surface area contributed by atoms with Crippen LogP contribution in [0.25, 0.3) is 0 Å². The Labute approximate surface area is 122 Å². The second-order valence-corrected chi connectivity index (χ2v) is 6.73. The fourth-order valence-electron chi connectivity index (χ4n) is 2.01. The molecule has 1 fully saturated rings. The highest BCUT2D eigenvalue weighted by Crippen LogP contribution is 2.27. The molecule has 100 valence electrons. The van der Waals surface area contributed by atoms with Gasteiger partial charge in [0.05, 0.1) is 0 Å². The highest BCUT2D eigenvalue weighted by atomic mass is 79.9. The van der Waals surface area contributed by atoms with Crippen LogP contribution in [0.5, 0.6) is 0 Å². The molecule has 1 aromatic carbocycles. The number of likely N-dealkylation sites (N-methyl/N-ethyl adjacent to an activating group) is 1. The van der Waals surface area contributed by atoms with Crippen molar-refractivity contribution in [1.29, 1.82) is 0 Å². The maximum absolute atomic E-state index is 5.99. The average Bonchev–Trinajstić information content (AvgIpc) is 2.34. The van der Waals surface area contributed by atoms with Gasteiger partial charge in [-0.15, -0.1) is 11.8 Å². The number of nitrogens with zero attached hydrogens (tertiary/aromatic N) is 2. The van der Waals surface area contributed by atoms with Gasteiger partial charge in [-0.2, -0.15) is 0 Å². The molecule has 0 unspecified atom stereocenters. The van der Waals surface area contributed by atoms with Crippen LogP contribution in [-0.2, 0) is 0 Å². The lowest BCUT2D eigenvalue weighted by molar-refractivity contribution is 0.161. The van der Waals surface area contributed by atoms with Crippen molar-refractivity contribution in [2.75, 3.05) is 51.3 Å². The molecule has 0 radical (unpaired) electrons. The third-order valence-corrected chi connectivity index (χ3v) is 4.80. The van der Waals surface area contributed by atoms with Crippen LogP contribution in [0.15, 0.2) is 27.6 Å². The number of halogens is 1. The zero-order valence-corrected chi connectivity index (χ0v) is 13.1. The van der Waals surface area contributed by atoms with Crippen molar-refractivity contribution in [3.63, 3.8) is 0 Å². The monoisotopic (exact) mass is 329 g/mol. The predicted molar refractivity (Wildman–Crippen MR) is 83.2 cm³/mol. The molecule has 2 rings (SSSR count). The predicted octanol–water partition coefficient (Wildman–Crippen LogP) is 2.37. The lowest BCUT2D eigenvalue weighted by Gasteiger charge is -2.32. The first-order chi connectivity index (χ1) is 8.65. The van der Waals surface area contributed by atoms with Crippen molar-refractivity contribution in [2.45, 2.75) is 4.90 Å². The molecular formula is C13H20BrN3S. The number of piperazine rings is 1. The summed E-state index contributed by atoms with van der Waals surface area (Å²) in [6.45, 7) is 5.89. The van der Waals surface area contributed by atoms with Gasteiger partial charge >= 0.3 is 0 Å². The van der Waals surface area contributed by atoms with E-state index < -0.39 is 0 Å². The molecule has 0 amide bonds. The smallest absolute Gasteiger partial charge is 0.0463 e. The van der Waals surface area contributed by atoms with Crippen LogP contribution in [0, 0.1) is 0 Å². The minimum atomic E-state index is 0.868. The number of anilines is 1. The van der Waals surface area contributed by atoms with Crippen molar-refractivity contribution in [1.82, 2.24) is 9.80 Å². The van der Waals surface area contributed by atoms with Crippen molar-refractivity contribution in [2.24, 2.45) is 0 Å². The van der Waals surface area contributed by atoms with E-state index >= 15 is 0 Å². The van der Waals surface area contributed by atoms with E-state index in [1.807, 2.05) is 17.8 Å². The first-order valence-corrected chi connectivity index (χ1v) is 8.02. The summed E-state index contributed by atoms with van der Waals surface area (Å²) in [6.07, 6.45) is 0. The molecule has 1 aliphatic rings. The quantitative estimate of drug-likeness (QED) is 0.679. The highest BCUT2D eigenvalue weighted by Gasteiger charge is 2.13. The van der Waals surface area contributed by atoms with Gasteiger partial charge in [-0.05, 0) is 25.2 Å². The van der Waals surface area contributed by atoms with Crippen LogP contribution in [0.4, 0.5) is 5.69 Å². The number of hydrogen-bond acceptors (Lipinski definition) is 4. The standard InChI is InChI=1S/C13H20BrN3S/c1-16-4-6-17(7-5-16)8-9-18-13-3-2-11(14)10-12(13)15/h2-3,10H,4-9,15H2,1H3. The van der Waals surface area contributed by atoms with E-state index in [4.69, 9.17) is 5.73 Å². The van der Waals surface area contributed by atoms with Gasteiger partial charge in [0.2, 0.25) is 0 Å². The Balaban J connectivity index is 1.75. The van der Waals surface area contributed by atoms with Crippen LogP contribution in [0.2, 0.25) is 0 Å². The number of nitrogen functional groups attached to an aromatic ring is 1. The average molecular weight is 330 g/mol. The summed E-state index contributed by atoms with van der Waals surface area (Å²) in [6, 6.07) is 6.11. The van der Waals surface area contributed by atoms with E-state index in [2.05, 4.69) is 44.9 Å². The molecule has 0 atom stereocenters. The molecule has 1 heterocycles. The van der Waals surface area contributed by atoms with E-state index in [1.54, 1.807) is 0 Å². The summed E-state index contributed by atoms with van der Waals surface area (Å²) < 4.78 is 1.04. The second kappa shape index (κ2) is 6.80. The molecule has 0 spiro atoms. The van der Waals surface area contributed by atoms with Crippen molar-refractivity contribution >= 4 is 33.4 Å². The Kier molecular flexibility index (Phi) is 5.36. The topological polar surface area (TPSA) is 32.5 Å². The van der Waals surface area contributed by atoms with Gasteiger partial charge in [0.25, 0.3) is 0 Å². The molecule has 1 saturated heterocycles. The van der Waals surface area contributed by atoms with Crippen molar-refractivity contribution in [3.05, 3.63) is 22.7 Å². The third kappa shape index (κ3) is 4.16. The van der Waals surface area contributed by atoms with E-state index in [9.17, 15) is 0 Å². The summed E-state index contributed by atoms with van der Waals surface area (Å²) >= 11 is 5.28. The molecule has 0 aliphatic carbocycles. The lowest BCUT2D eigenvalue weighted by atomic mass is 10.3. The molecule has 2 N–H and O–H groups in total. The van der Waals surface area contributed by atoms with E-state index in [1.165, 1.54) is 31.1 Å². The normalized spacial score (nSPS) is 18.1. The van der Waals surface area contributed by atoms with Crippen LogP contribution in [0.3, 0.4) is 0 Å². The SMILES string of the molecule is CN1CCN(CCSc2ccc(Br)cc2N)CC1. The van der Waals surface area contributed by atoms with Gasteiger partial charge in [-0.3, -0.25) is 4.90 Å². The number of benzene rings is 1. The maximum atomic E-state index is 5.99. The second-order valence-electron chi connectivity index (χ2n) is 4.68. The van der Waals surface area contributed by atoms with Gasteiger partial charge in [-0.1, -0.05) is 15.9 Å². The van der Waals surface area contributed by atoms with Crippen molar-refractivity contribution < 1.29 is 0 Å². The largest absolute Gasteiger partial charge is 0.398 e. The molecule has 0 saturated carbocycles. The molecule has 3 nitrogen and oxygen atoms in total. The fourth-order valence-corrected chi connectivity index (χ4v) is 3.34. The molecule has 18 heavy (non-hydrogen) atoms. The highest BCUT2D eigenvalue weighted by molar-refractivity contribution is 9.10. The minimum absolute atomic E-state index is 0.868. The van der Waals surface area contributed by atoms with Gasteiger partial charge in [0.15, 0.2) is 0 Å². The Morgan fingerprint density at radius 2 is 2.00 bits per heavy atom. The maximum Gasteiger partial charge on any atom is 0.0463 e. The Hall–Kier alpha value is -0.230. The summed E-state index contributed by atoms with van der Waals surface area (Å²) in [4.78, 5) is 6.10. The fraction of sp³-hybridized carbons (Fsp3) is 0.538. The van der Waals surface area contributed by atoms with Crippen molar-refractivity contribution in [3.8, 4) is 0 Å². The van der Waals surface area contributed by atoms with E-state index in [-0.39, 0.29) is 0 Å². The summed E-state index contributed by atoms with van der Waals surface area (Å²) in [5.74, 6) is 1.11.